The highest BCUT2D eigenvalue weighted by atomic mass is 16.5. The van der Waals surface area contributed by atoms with Gasteiger partial charge in [-0.1, -0.05) is 24.3 Å². The van der Waals surface area contributed by atoms with Crippen molar-refractivity contribution in [3.8, 4) is 22.6 Å². The first-order chi connectivity index (χ1) is 9.78. The lowest BCUT2D eigenvalue weighted by Crippen LogP contribution is -1.98. The predicted molar refractivity (Wildman–Crippen MR) is 73.2 cm³/mol. The Morgan fingerprint density at radius 1 is 0.950 bits per heavy atom. The molecule has 0 amide bonds. The minimum atomic E-state index is -0.483. The van der Waals surface area contributed by atoms with Crippen LogP contribution in [0.5, 0.6) is 0 Å². The molecule has 0 fully saturated rings. The van der Waals surface area contributed by atoms with Crippen LogP contribution >= 0.6 is 0 Å². The molecule has 0 aliphatic heterocycles. The molecule has 0 spiro atoms. The third-order valence-electron chi connectivity index (χ3n) is 2.97. The van der Waals surface area contributed by atoms with E-state index in [4.69, 9.17) is 8.83 Å². The highest BCUT2D eigenvalue weighted by Gasteiger charge is 2.12. The highest BCUT2D eigenvalue weighted by molar-refractivity contribution is 5.87. The van der Waals surface area contributed by atoms with Crippen molar-refractivity contribution in [1.29, 1.82) is 0 Å². The molecule has 3 rings (SSSR count). The summed E-state index contributed by atoms with van der Waals surface area (Å²) in [6, 6.07) is 14.8. The molecule has 0 bridgehead atoms. The number of carbonyl (C=O) groups excluding carboxylic acids is 1. The van der Waals surface area contributed by atoms with Crippen molar-refractivity contribution >= 4 is 5.97 Å². The summed E-state index contributed by atoms with van der Waals surface area (Å²) in [4.78, 5) is 11.3. The van der Waals surface area contributed by atoms with Gasteiger partial charge in [0, 0.05) is 11.1 Å². The highest BCUT2D eigenvalue weighted by Crippen LogP contribution is 2.26. The van der Waals surface area contributed by atoms with Crippen molar-refractivity contribution in [3.63, 3.8) is 0 Å². The molecule has 2 heterocycles. The number of carbonyl (C=O) groups is 1. The Morgan fingerprint density at radius 2 is 1.65 bits per heavy atom. The number of furan rings is 2. The molecular formula is C16H12O4. The molecule has 0 aliphatic carbocycles. The number of esters is 1. The van der Waals surface area contributed by atoms with E-state index in [1.807, 2.05) is 36.4 Å². The number of methoxy groups -OCH3 is 1. The summed E-state index contributed by atoms with van der Waals surface area (Å²) in [7, 11) is 1.32. The topological polar surface area (TPSA) is 52.6 Å². The maximum Gasteiger partial charge on any atom is 0.373 e. The van der Waals surface area contributed by atoms with Crippen LogP contribution in [0.25, 0.3) is 22.6 Å². The lowest BCUT2D eigenvalue weighted by molar-refractivity contribution is 0.0566. The number of benzene rings is 1. The van der Waals surface area contributed by atoms with E-state index in [-0.39, 0.29) is 5.76 Å². The summed E-state index contributed by atoms with van der Waals surface area (Å²) in [6.45, 7) is 0. The predicted octanol–water partition coefficient (Wildman–Crippen LogP) is 3.99. The van der Waals surface area contributed by atoms with Crippen LogP contribution in [-0.2, 0) is 4.74 Å². The van der Waals surface area contributed by atoms with Crippen LogP contribution in [-0.4, -0.2) is 13.1 Å². The van der Waals surface area contributed by atoms with Crippen LogP contribution in [0.4, 0.5) is 0 Å². The zero-order valence-electron chi connectivity index (χ0n) is 10.8. The largest absolute Gasteiger partial charge is 0.464 e. The summed E-state index contributed by atoms with van der Waals surface area (Å²) in [6.07, 6.45) is 1.64. The minimum absolute atomic E-state index is 0.192. The number of ether oxygens (including phenoxy) is 1. The standard InChI is InChI=1S/C16H12O4/c1-18-16(17)15-9-8-14(20-15)12-6-4-11(5-7-12)13-3-2-10-19-13/h2-10H,1H3. The van der Waals surface area contributed by atoms with Crippen molar-refractivity contribution < 1.29 is 18.4 Å². The second-order valence-electron chi connectivity index (χ2n) is 4.21. The smallest absolute Gasteiger partial charge is 0.373 e. The van der Waals surface area contributed by atoms with Crippen LogP contribution in [0.3, 0.4) is 0 Å². The van der Waals surface area contributed by atoms with E-state index in [1.54, 1.807) is 18.4 Å². The van der Waals surface area contributed by atoms with Gasteiger partial charge in [0.15, 0.2) is 0 Å². The first kappa shape index (κ1) is 12.3. The zero-order valence-corrected chi connectivity index (χ0v) is 10.8. The van der Waals surface area contributed by atoms with E-state index < -0.39 is 5.97 Å². The maximum atomic E-state index is 11.3. The van der Waals surface area contributed by atoms with Crippen molar-refractivity contribution in [3.05, 3.63) is 60.6 Å². The van der Waals surface area contributed by atoms with Crippen LogP contribution in [0.15, 0.2) is 63.6 Å². The quantitative estimate of drug-likeness (QED) is 0.674. The van der Waals surface area contributed by atoms with Gasteiger partial charge in [-0.2, -0.15) is 0 Å². The Morgan fingerprint density at radius 3 is 2.25 bits per heavy atom. The van der Waals surface area contributed by atoms with E-state index in [1.165, 1.54) is 7.11 Å². The number of rotatable bonds is 3. The average molecular weight is 268 g/mol. The lowest BCUT2D eigenvalue weighted by Gasteiger charge is -2.00. The van der Waals surface area contributed by atoms with E-state index >= 15 is 0 Å². The molecule has 20 heavy (non-hydrogen) atoms. The van der Waals surface area contributed by atoms with Crippen LogP contribution in [0.2, 0.25) is 0 Å². The maximum absolute atomic E-state index is 11.3. The molecule has 0 saturated carbocycles. The van der Waals surface area contributed by atoms with Gasteiger partial charge in [-0.25, -0.2) is 4.79 Å². The van der Waals surface area contributed by atoms with Gasteiger partial charge in [0.1, 0.15) is 11.5 Å². The van der Waals surface area contributed by atoms with Gasteiger partial charge in [0.25, 0.3) is 0 Å². The molecule has 4 heteroatoms. The van der Waals surface area contributed by atoms with E-state index in [0.29, 0.717) is 5.76 Å². The van der Waals surface area contributed by atoms with Crippen LogP contribution in [0.1, 0.15) is 10.6 Å². The van der Waals surface area contributed by atoms with E-state index in [9.17, 15) is 4.79 Å². The molecule has 0 atom stereocenters. The molecule has 4 nitrogen and oxygen atoms in total. The SMILES string of the molecule is COC(=O)c1ccc(-c2ccc(-c3ccco3)cc2)o1. The summed E-state index contributed by atoms with van der Waals surface area (Å²) < 4.78 is 15.4. The Bertz CT molecular complexity index is 705. The molecule has 100 valence electrons. The van der Waals surface area contributed by atoms with Crippen LogP contribution in [0, 0.1) is 0 Å². The molecule has 0 radical (unpaired) electrons. The summed E-state index contributed by atoms with van der Waals surface area (Å²) in [5.41, 5.74) is 1.87. The van der Waals surface area contributed by atoms with E-state index in [0.717, 1.165) is 16.9 Å². The summed E-state index contributed by atoms with van der Waals surface area (Å²) >= 11 is 0. The normalized spacial score (nSPS) is 10.4. The van der Waals surface area contributed by atoms with Gasteiger partial charge in [0.2, 0.25) is 5.76 Å². The first-order valence-corrected chi connectivity index (χ1v) is 6.10. The second-order valence-corrected chi connectivity index (χ2v) is 4.21. The molecule has 0 N–H and O–H groups in total. The van der Waals surface area contributed by atoms with Gasteiger partial charge < -0.3 is 13.6 Å². The zero-order chi connectivity index (χ0) is 13.9. The fourth-order valence-corrected chi connectivity index (χ4v) is 1.94. The summed E-state index contributed by atoms with van der Waals surface area (Å²) in [5, 5.41) is 0. The molecular weight excluding hydrogens is 256 g/mol. The molecule has 2 aromatic heterocycles. The molecule has 3 aromatic rings. The Hall–Kier alpha value is -2.75. The average Bonchev–Trinajstić information content (AvgIpc) is 3.18. The fourth-order valence-electron chi connectivity index (χ4n) is 1.94. The third kappa shape index (κ3) is 2.23. The van der Waals surface area contributed by atoms with Gasteiger partial charge >= 0.3 is 5.97 Å². The van der Waals surface area contributed by atoms with Gasteiger partial charge in [-0.3, -0.25) is 0 Å². The second kappa shape index (κ2) is 5.09. The van der Waals surface area contributed by atoms with Gasteiger partial charge in [0.05, 0.1) is 13.4 Å². The Labute approximate surface area is 115 Å². The monoisotopic (exact) mass is 268 g/mol. The van der Waals surface area contributed by atoms with Crippen molar-refractivity contribution in [2.45, 2.75) is 0 Å². The lowest BCUT2D eigenvalue weighted by atomic mass is 10.1. The fraction of sp³-hybridized carbons (Fsp3) is 0.0625. The minimum Gasteiger partial charge on any atom is -0.464 e. The molecule has 1 aromatic carbocycles. The number of hydrogen-bond donors (Lipinski definition) is 0. The Kier molecular flexibility index (Phi) is 3.13. The molecule has 0 unspecified atom stereocenters. The van der Waals surface area contributed by atoms with E-state index in [2.05, 4.69) is 4.74 Å². The van der Waals surface area contributed by atoms with Gasteiger partial charge in [-0.15, -0.1) is 0 Å². The van der Waals surface area contributed by atoms with Crippen molar-refractivity contribution in [1.82, 2.24) is 0 Å². The van der Waals surface area contributed by atoms with Crippen molar-refractivity contribution in [2.75, 3.05) is 7.11 Å². The van der Waals surface area contributed by atoms with Gasteiger partial charge in [-0.05, 0) is 24.3 Å². The van der Waals surface area contributed by atoms with Crippen LogP contribution < -0.4 is 0 Å². The summed E-state index contributed by atoms with van der Waals surface area (Å²) in [5.74, 6) is 1.14. The Balaban J connectivity index is 1.88. The molecule has 0 aliphatic rings. The third-order valence-corrected chi connectivity index (χ3v) is 2.97. The molecule has 0 saturated heterocycles. The van der Waals surface area contributed by atoms with Crippen molar-refractivity contribution in [2.24, 2.45) is 0 Å². The number of hydrogen-bond acceptors (Lipinski definition) is 4. The first-order valence-electron chi connectivity index (χ1n) is 6.10.